The summed E-state index contributed by atoms with van der Waals surface area (Å²) < 4.78 is 10.9. The van der Waals surface area contributed by atoms with Crippen molar-refractivity contribution in [3.05, 3.63) is 27.8 Å². The molecule has 0 aromatic heterocycles. The van der Waals surface area contributed by atoms with Gasteiger partial charge in [-0.2, -0.15) is 0 Å². The first kappa shape index (κ1) is 21.1. The second-order valence-corrected chi connectivity index (χ2v) is 7.01. The van der Waals surface area contributed by atoms with E-state index in [0.29, 0.717) is 32.3 Å². The minimum atomic E-state index is -0.615. The molecule has 2 rings (SSSR count). The average Bonchev–Trinajstić information content (AvgIpc) is 3.15. The molecule has 27 heavy (non-hydrogen) atoms. The normalized spacial score (nSPS) is 16.2. The zero-order valence-electron chi connectivity index (χ0n) is 15.2. The van der Waals surface area contributed by atoms with Crippen molar-refractivity contribution < 1.29 is 24.0 Å². The number of ether oxygens (including phenoxy) is 2. The lowest BCUT2D eigenvalue weighted by Crippen LogP contribution is -2.36. The van der Waals surface area contributed by atoms with E-state index in [1.165, 1.54) is 24.1 Å². The van der Waals surface area contributed by atoms with Crippen molar-refractivity contribution in [2.45, 2.75) is 38.1 Å². The van der Waals surface area contributed by atoms with Gasteiger partial charge in [-0.15, -0.1) is 0 Å². The van der Waals surface area contributed by atoms with Crippen LogP contribution in [0.1, 0.15) is 42.5 Å². The zero-order chi connectivity index (χ0) is 19.8. The molecule has 1 saturated heterocycles. The van der Waals surface area contributed by atoms with Crippen LogP contribution in [0.4, 0.5) is 5.69 Å². The van der Waals surface area contributed by atoms with Gasteiger partial charge >= 0.3 is 0 Å². The van der Waals surface area contributed by atoms with Crippen LogP contribution in [0.25, 0.3) is 0 Å². The molecule has 1 amide bonds. The molecule has 0 unspecified atom stereocenters. The molecule has 1 aliphatic heterocycles. The highest BCUT2D eigenvalue weighted by Gasteiger charge is 2.34. The van der Waals surface area contributed by atoms with Crippen LogP contribution < -0.4 is 9.47 Å². The summed E-state index contributed by atoms with van der Waals surface area (Å²) in [6.45, 7) is 0.792. The average molecular weight is 443 g/mol. The second-order valence-electron chi connectivity index (χ2n) is 6.22. The van der Waals surface area contributed by atoms with E-state index in [1.54, 1.807) is 0 Å². The first-order chi connectivity index (χ1) is 13.0. The Bertz CT molecular complexity index is 697. The number of carbonyl (C=O) groups is 2. The molecular formula is C18H23BrN2O6. The molecule has 1 aromatic rings. The van der Waals surface area contributed by atoms with E-state index in [0.717, 1.165) is 24.6 Å². The lowest BCUT2D eigenvalue weighted by molar-refractivity contribution is -0.385. The number of unbranched alkanes of at least 4 members (excludes halogenated alkanes) is 2. The number of methoxy groups -OCH3 is 1. The number of likely N-dealkylation sites (tertiary alicyclic amines) is 1. The quantitative estimate of drug-likeness (QED) is 0.181. The number of nitrogens with zero attached hydrogens (tertiary/aromatic N) is 2. The van der Waals surface area contributed by atoms with Crippen LogP contribution >= 0.6 is 15.9 Å². The molecule has 9 heteroatoms. The molecule has 1 fully saturated rings. The van der Waals surface area contributed by atoms with E-state index >= 15 is 0 Å². The topological polar surface area (TPSA) is 99.0 Å². The summed E-state index contributed by atoms with van der Waals surface area (Å²) in [7, 11) is 1.41. The predicted molar refractivity (Wildman–Crippen MR) is 103 cm³/mol. The molecule has 1 aliphatic rings. The van der Waals surface area contributed by atoms with Gasteiger partial charge in [-0.25, -0.2) is 0 Å². The van der Waals surface area contributed by atoms with E-state index in [9.17, 15) is 19.7 Å². The second kappa shape index (κ2) is 10.2. The van der Waals surface area contributed by atoms with Gasteiger partial charge in [0, 0.05) is 17.9 Å². The number of nitro groups is 1. The minimum Gasteiger partial charge on any atom is -0.493 e. The standard InChI is InChI=1S/C18H23BrN2O6/c1-26-16-10-14(18(23)20-8-5-6-13(20)12-22)15(21(24)25)11-17(16)27-9-4-2-3-7-19/h10-13H,2-9H2,1H3/t13-/m0/s1. The Morgan fingerprint density at radius 2 is 2.15 bits per heavy atom. The van der Waals surface area contributed by atoms with Gasteiger partial charge in [0.25, 0.3) is 11.6 Å². The minimum absolute atomic E-state index is 0.0998. The van der Waals surface area contributed by atoms with Crippen molar-refractivity contribution >= 4 is 33.8 Å². The molecule has 8 nitrogen and oxygen atoms in total. The number of alkyl halides is 1. The van der Waals surface area contributed by atoms with Crippen LogP contribution in [0.15, 0.2) is 12.1 Å². The fourth-order valence-corrected chi connectivity index (χ4v) is 3.44. The highest BCUT2D eigenvalue weighted by Crippen LogP contribution is 2.36. The molecule has 0 N–H and O–H groups in total. The van der Waals surface area contributed by atoms with Gasteiger partial charge in [0.2, 0.25) is 0 Å². The Morgan fingerprint density at radius 3 is 2.78 bits per heavy atom. The zero-order valence-corrected chi connectivity index (χ0v) is 16.8. The molecule has 0 saturated carbocycles. The number of aldehydes is 1. The number of amides is 1. The molecule has 0 bridgehead atoms. The van der Waals surface area contributed by atoms with Crippen LogP contribution in [0, 0.1) is 10.1 Å². The highest BCUT2D eigenvalue weighted by atomic mass is 79.9. The number of rotatable bonds is 10. The number of hydrogen-bond acceptors (Lipinski definition) is 6. The third-order valence-corrected chi connectivity index (χ3v) is 5.02. The van der Waals surface area contributed by atoms with Gasteiger partial charge in [0.15, 0.2) is 11.5 Å². The Kier molecular flexibility index (Phi) is 8.02. The maximum absolute atomic E-state index is 12.8. The van der Waals surface area contributed by atoms with E-state index in [-0.39, 0.29) is 22.7 Å². The molecule has 0 radical (unpaired) electrons. The molecule has 1 aromatic carbocycles. The first-order valence-electron chi connectivity index (χ1n) is 8.85. The fourth-order valence-electron chi connectivity index (χ4n) is 3.04. The Morgan fingerprint density at radius 1 is 1.37 bits per heavy atom. The van der Waals surface area contributed by atoms with Gasteiger partial charge < -0.3 is 19.2 Å². The van der Waals surface area contributed by atoms with E-state index < -0.39 is 16.9 Å². The third-order valence-electron chi connectivity index (χ3n) is 4.46. The molecule has 1 heterocycles. The van der Waals surface area contributed by atoms with Crippen LogP contribution in [-0.2, 0) is 4.79 Å². The molecule has 148 valence electrons. The van der Waals surface area contributed by atoms with Crippen LogP contribution in [-0.4, -0.2) is 53.6 Å². The van der Waals surface area contributed by atoms with Gasteiger partial charge in [-0.3, -0.25) is 14.9 Å². The van der Waals surface area contributed by atoms with Crippen molar-refractivity contribution in [1.29, 1.82) is 0 Å². The van der Waals surface area contributed by atoms with Crippen molar-refractivity contribution in [3.63, 3.8) is 0 Å². The van der Waals surface area contributed by atoms with Crippen molar-refractivity contribution in [1.82, 2.24) is 4.90 Å². The number of carbonyl (C=O) groups excluding carboxylic acids is 2. The molecular weight excluding hydrogens is 420 g/mol. The van der Waals surface area contributed by atoms with Crippen LogP contribution in [0.5, 0.6) is 11.5 Å². The largest absolute Gasteiger partial charge is 0.493 e. The predicted octanol–water partition coefficient (Wildman–Crippen LogP) is 3.35. The van der Waals surface area contributed by atoms with Gasteiger partial charge in [0.1, 0.15) is 11.8 Å². The molecule has 1 atom stereocenters. The van der Waals surface area contributed by atoms with Crippen LogP contribution in [0.2, 0.25) is 0 Å². The molecule has 0 spiro atoms. The Labute approximate surface area is 166 Å². The lowest BCUT2D eigenvalue weighted by atomic mass is 10.1. The summed E-state index contributed by atoms with van der Waals surface area (Å²) in [4.78, 5) is 36.3. The maximum atomic E-state index is 12.8. The van der Waals surface area contributed by atoms with E-state index in [1.807, 2.05) is 0 Å². The monoisotopic (exact) mass is 442 g/mol. The third kappa shape index (κ3) is 5.18. The van der Waals surface area contributed by atoms with Crippen LogP contribution in [0.3, 0.4) is 0 Å². The number of nitro benzene ring substituents is 1. The summed E-state index contributed by atoms with van der Waals surface area (Å²) in [6, 6.07) is 2.00. The van der Waals surface area contributed by atoms with E-state index in [2.05, 4.69) is 15.9 Å². The summed E-state index contributed by atoms with van der Waals surface area (Å²) in [5.74, 6) is -0.0577. The molecule has 0 aliphatic carbocycles. The lowest BCUT2D eigenvalue weighted by Gasteiger charge is -2.21. The number of halogens is 1. The maximum Gasteiger partial charge on any atom is 0.286 e. The van der Waals surface area contributed by atoms with E-state index in [4.69, 9.17) is 9.47 Å². The smallest absolute Gasteiger partial charge is 0.286 e. The highest BCUT2D eigenvalue weighted by molar-refractivity contribution is 9.09. The summed E-state index contributed by atoms with van der Waals surface area (Å²) in [6.07, 6.45) is 4.75. The Hall–Kier alpha value is -2.16. The summed E-state index contributed by atoms with van der Waals surface area (Å²) >= 11 is 3.36. The van der Waals surface area contributed by atoms with Crippen molar-refractivity contribution in [3.8, 4) is 11.5 Å². The fraction of sp³-hybridized carbons (Fsp3) is 0.556. The van der Waals surface area contributed by atoms with Crippen molar-refractivity contribution in [2.24, 2.45) is 0 Å². The van der Waals surface area contributed by atoms with Crippen molar-refractivity contribution in [2.75, 3.05) is 25.6 Å². The van der Waals surface area contributed by atoms with Gasteiger partial charge in [0.05, 0.1) is 30.7 Å². The number of benzene rings is 1. The Balaban J connectivity index is 2.28. The number of hydrogen-bond donors (Lipinski definition) is 0. The SMILES string of the molecule is COc1cc(C(=O)N2CCC[C@H]2C=O)c([N+](=O)[O-])cc1OCCCCCBr. The van der Waals surface area contributed by atoms with Gasteiger partial charge in [-0.1, -0.05) is 15.9 Å². The van der Waals surface area contributed by atoms with Gasteiger partial charge in [-0.05, 0) is 32.1 Å². The first-order valence-corrected chi connectivity index (χ1v) is 9.97. The summed E-state index contributed by atoms with van der Waals surface area (Å²) in [5, 5.41) is 12.4. The summed E-state index contributed by atoms with van der Waals surface area (Å²) in [5.41, 5.74) is -0.454.